The van der Waals surface area contributed by atoms with Crippen molar-refractivity contribution >= 4 is 12.4 Å². The number of rotatable bonds is 2. The highest BCUT2D eigenvalue weighted by Crippen LogP contribution is 2.03. The molecule has 0 unspecified atom stereocenters. The summed E-state index contributed by atoms with van der Waals surface area (Å²) in [6, 6.07) is 7.19. The quantitative estimate of drug-likeness (QED) is 0.705. The molecule has 0 heterocycles. The Bertz CT molecular complexity index is 173. The molecule has 62 valence electrons. The molecule has 0 aliphatic carbocycles. The van der Waals surface area contributed by atoms with Gasteiger partial charge in [0, 0.05) is 0 Å². The molecule has 0 radical (unpaired) electrons. The maximum Gasteiger partial charge on any atom is 0.0681 e. The maximum atomic E-state index is 8.64. The highest BCUT2D eigenvalue weighted by atomic mass is 35.5. The number of benzene rings is 1. The normalized spacial score (nSPS) is 8.91. The Hall–Kier alpha value is -0.570. The fourth-order valence-electron chi connectivity index (χ4n) is 0.750. The van der Waals surface area contributed by atoms with Crippen LogP contribution in [0.2, 0.25) is 0 Å². The molecule has 3 heteroatoms. The summed E-state index contributed by atoms with van der Waals surface area (Å²) < 4.78 is 0. The Balaban J connectivity index is 0.000001000. The molecule has 2 nitrogen and oxygen atoms in total. The van der Waals surface area contributed by atoms with Crippen LogP contribution in [0.15, 0.2) is 24.3 Å². The lowest BCUT2D eigenvalue weighted by Crippen LogP contribution is -1.85. The molecule has 1 rings (SSSR count). The van der Waals surface area contributed by atoms with Crippen molar-refractivity contribution in [2.24, 2.45) is 0 Å². The van der Waals surface area contributed by atoms with Gasteiger partial charge in [-0.05, 0) is 11.1 Å². The van der Waals surface area contributed by atoms with E-state index in [2.05, 4.69) is 0 Å². The summed E-state index contributed by atoms with van der Waals surface area (Å²) in [4.78, 5) is 0. The van der Waals surface area contributed by atoms with Crippen LogP contribution in [0.25, 0.3) is 0 Å². The number of halogens is 1. The van der Waals surface area contributed by atoms with Crippen LogP contribution in [0.5, 0.6) is 0 Å². The summed E-state index contributed by atoms with van der Waals surface area (Å²) in [5, 5.41) is 17.3. The molecule has 0 fully saturated rings. The van der Waals surface area contributed by atoms with Crippen LogP contribution < -0.4 is 0 Å². The molecule has 1 aromatic rings. The Labute approximate surface area is 71.9 Å². The van der Waals surface area contributed by atoms with Gasteiger partial charge in [-0.3, -0.25) is 0 Å². The van der Waals surface area contributed by atoms with Crippen LogP contribution in [0.1, 0.15) is 11.1 Å². The Kier molecular flexibility index (Phi) is 4.86. The van der Waals surface area contributed by atoms with Gasteiger partial charge in [0.2, 0.25) is 0 Å². The van der Waals surface area contributed by atoms with Gasteiger partial charge in [-0.1, -0.05) is 24.3 Å². The molecule has 0 aliphatic rings. The van der Waals surface area contributed by atoms with E-state index in [-0.39, 0.29) is 25.6 Å². The van der Waals surface area contributed by atoms with E-state index in [1.807, 2.05) is 0 Å². The topological polar surface area (TPSA) is 40.5 Å². The Morgan fingerprint density at radius 2 is 1.09 bits per heavy atom. The first kappa shape index (κ1) is 10.4. The van der Waals surface area contributed by atoms with E-state index in [1.54, 1.807) is 24.3 Å². The van der Waals surface area contributed by atoms with Gasteiger partial charge in [-0.2, -0.15) is 0 Å². The fraction of sp³-hybridized carbons (Fsp3) is 0.250. The van der Waals surface area contributed by atoms with Crippen molar-refractivity contribution in [3.63, 3.8) is 0 Å². The highest BCUT2D eigenvalue weighted by molar-refractivity contribution is 5.85. The predicted octanol–water partition coefficient (Wildman–Crippen LogP) is 1.09. The van der Waals surface area contributed by atoms with Crippen LogP contribution in [-0.4, -0.2) is 10.2 Å². The predicted molar refractivity (Wildman–Crippen MR) is 45.5 cm³/mol. The SMILES string of the molecule is Cl.OCc1ccc(CO)cc1. The van der Waals surface area contributed by atoms with E-state index in [9.17, 15) is 0 Å². The summed E-state index contributed by atoms with van der Waals surface area (Å²) in [5.74, 6) is 0. The molecule has 0 saturated carbocycles. The summed E-state index contributed by atoms with van der Waals surface area (Å²) in [5.41, 5.74) is 1.74. The van der Waals surface area contributed by atoms with Crippen LogP contribution in [0.4, 0.5) is 0 Å². The molecule has 2 N–H and O–H groups in total. The first-order valence-corrected chi connectivity index (χ1v) is 3.16. The average Bonchev–Trinajstić information content (AvgIpc) is 2.05. The third kappa shape index (κ3) is 2.89. The van der Waals surface area contributed by atoms with Crippen molar-refractivity contribution in [1.82, 2.24) is 0 Å². The van der Waals surface area contributed by atoms with Crippen LogP contribution in [-0.2, 0) is 13.2 Å². The number of aliphatic hydroxyl groups is 2. The molecular formula is C8H11ClO2. The number of aliphatic hydroxyl groups excluding tert-OH is 2. The second-order valence-electron chi connectivity index (χ2n) is 2.13. The van der Waals surface area contributed by atoms with Crippen LogP contribution in [0.3, 0.4) is 0 Å². The second kappa shape index (κ2) is 5.13. The highest BCUT2D eigenvalue weighted by Gasteiger charge is 1.89. The van der Waals surface area contributed by atoms with Crippen molar-refractivity contribution in [3.05, 3.63) is 35.4 Å². The summed E-state index contributed by atoms with van der Waals surface area (Å²) in [6.45, 7) is 0.122. The number of hydrogen-bond acceptors (Lipinski definition) is 2. The van der Waals surface area contributed by atoms with Crippen molar-refractivity contribution in [2.75, 3.05) is 0 Å². The summed E-state index contributed by atoms with van der Waals surface area (Å²) >= 11 is 0. The van der Waals surface area contributed by atoms with Gasteiger partial charge < -0.3 is 10.2 Å². The largest absolute Gasteiger partial charge is 0.392 e. The van der Waals surface area contributed by atoms with E-state index in [0.29, 0.717) is 0 Å². The molecule has 0 spiro atoms. The van der Waals surface area contributed by atoms with Gasteiger partial charge in [-0.25, -0.2) is 0 Å². The molecule has 0 atom stereocenters. The third-order valence-electron chi connectivity index (χ3n) is 1.39. The summed E-state index contributed by atoms with van der Waals surface area (Å²) in [6.07, 6.45) is 0. The molecule has 0 saturated heterocycles. The monoisotopic (exact) mass is 174 g/mol. The van der Waals surface area contributed by atoms with Gasteiger partial charge in [0.15, 0.2) is 0 Å². The standard InChI is InChI=1S/C8H10O2.ClH/c9-5-7-1-2-8(6-10)4-3-7;/h1-4,9-10H,5-6H2;1H. The Morgan fingerprint density at radius 3 is 1.27 bits per heavy atom. The zero-order chi connectivity index (χ0) is 7.40. The molecule has 11 heavy (non-hydrogen) atoms. The minimum Gasteiger partial charge on any atom is -0.392 e. The zero-order valence-electron chi connectivity index (χ0n) is 6.03. The maximum absolute atomic E-state index is 8.64. The van der Waals surface area contributed by atoms with E-state index < -0.39 is 0 Å². The van der Waals surface area contributed by atoms with Gasteiger partial charge in [0.1, 0.15) is 0 Å². The lowest BCUT2D eigenvalue weighted by atomic mass is 10.1. The Morgan fingerprint density at radius 1 is 0.818 bits per heavy atom. The van der Waals surface area contributed by atoms with Crippen molar-refractivity contribution in [3.8, 4) is 0 Å². The first-order valence-electron chi connectivity index (χ1n) is 3.16. The molecule has 0 amide bonds. The molecular weight excluding hydrogens is 164 g/mol. The van der Waals surface area contributed by atoms with Gasteiger partial charge in [0.25, 0.3) is 0 Å². The smallest absolute Gasteiger partial charge is 0.0681 e. The molecule has 0 aromatic heterocycles. The van der Waals surface area contributed by atoms with E-state index in [4.69, 9.17) is 10.2 Å². The van der Waals surface area contributed by atoms with E-state index >= 15 is 0 Å². The van der Waals surface area contributed by atoms with Crippen LogP contribution in [0, 0.1) is 0 Å². The minimum absolute atomic E-state index is 0. The minimum atomic E-state index is 0. The van der Waals surface area contributed by atoms with Crippen molar-refractivity contribution in [2.45, 2.75) is 13.2 Å². The average molecular weight is 175 g/mol. The van der Waals surface area contributed by atoms with E-state index in [0.717, 1.165) is 11.1 Å². The number of hydrogen-bond donors (Lipinski definition) is 2. The lowest BCUT2D eigenvalue weighted by Gasteiger charge is -1.96. The van der Waals surface area contributed by atoms with Crippen LogP contribution >= 0.6 is 12.4 Å². The molecule has 0 bridgehead atoms. The molecule has 1 aromatic carbocycles. The van der Waals surface area contributed by atoms with Gasteiger partial charge in [-0.15, -0.1) is 12.4 Å². The lowest BCUT2D eigenvalue weighted by molar-refractivity contribution is 0.278. The first-order chi connectivity index (χ1) is 4.86. The van der Waals surface area contributed by atoms with Crippen molar-refractivity contribution < 1.29 is 10.2 Å². The second-order valence-corrected chi connectivity index (χ2v) is 2.13. The third-order valence-corrected chi connectivity index (χ3v) is 1.39. The zero-order valence-corrected chi connectivity index (χ0v) is 6.84. The van der Waals surface area contributed by atoms with Gasteiger partial charge in [0.05, 0.1) is 13.2 Å². The van der Waals surface area contributed by atoms with E-state index in [1.165, 1.54) is 0 Å². The van der Waals surface area contributed by atoms with Crippen molar-refractivity contribution in [1.29, 1.82) is 0 Å². The molecule has 0 aliphatic heterocycles. The summed E-state index contributed by atoms with van der Waals surface area (Å²) in [7, 11) is 0. The fourth-order valence-corrected chi connectivity index (χ4v) is 0.750. The van der Waals surface area contributed by atoms with Gasteiger partial charge >= 0.3 is 0 Å².